The molecule has 6 rings (SSSR count). The van der Waals surface area contributed by atoms with Gasteiger partial charge in [0, 0.05) is 11.5 Å². The van der Waals surface area contributed by atoms with Crippen LogP contribution in [0.15, 0.2) is 18.2 Å². The zero-order chi connectivity index (χ0) is 23.5. The molecule has 0 aromatic heterocycles. The fourth-order valence-corrected chi connectivity index (χ4v) is 9.04. The third-order valence-corrected chi connectivity index (χ3v) is 10.1. The van der Waals surface area contributed by atoms with Crippen molar-refractivity contribution >= 4 is 52.0 Å². The van der Waals surface area contributed by atoms with Crippen LogP contribution in [0.25, 0.3) is 0 Å². The lowest BCUT2D eigenvalue weighted by molar-refractivity contribution is -0.148. The summed E-state index contributed by atoms with van der Waals surface area (Å²) < 4.78 is 24.2. The number of carbonyl (C=O) groups is 2. The van der Waals surface area contributed by atoms with Gasteiger partial charge in [-0.25, -0.2) is 4.21 Å². The van der Waals surface area contributed by atoms with Crippen LogP contribution in [0.4, 0.5) is 5.69 Å². The summed E-state index contributed by atoms with van der Waals surface area (Å²) in [6.07, 6.45) is 6.62. The highest BCUT2D eigenvalue weighted by Gasteiger charge is 2.59. The Balaban J connectivity index is 1.46. The Hall–Kier alpha value is -1.35. The van der Waals surface area contributed by atoms with Crippen molar-refractivity contribution < 1.29 is 18.4 Å². The number of hydrogen-bond acceptors (Lipinski definition) is 3. The zero-order valence-corrected chi connectivity index (χ0v) is 20.6. The molecule has 5 saturated carbocycles. The van der Waals surface area contributed by atoms with Gasteiger partial charge in [0.15, 0.2) is 0 Å². The predicted molar refractivity (Wildman–Crippen MR) is 128 cm³/mol. The van der Waals surface area contributed by atoms with E-state index in [1.807, 2.05) is 0 Å². The maximum Gasteiger partial charge on any atom is 0.262 e. The third kappa shape index (κ3) is 3.68. The van der Waals surface area contributed by atoms with Crippen LogP contribution in [0, 0.1) is 23.2 Å². The number of anilines is 1. The van der Waals surface area contributed by atoms with Gasteiger partial charge in [0.2, 0.25) is 11.8 Å². The van der Waals surface area contributed by atoms with E-state index in [0.717, 1.165) is 32.1 Å². The number of nitrogens with zero attached hydrogens (tertiary/aromatic N) is 1. The first-order chi connectivity index (χ1) is 15.7. The van der Waals surface area contributed by atoms with Crippen molar-refractivity contribution in [1.82, 2.24) is 5.32 Å². The fourth-order valence-electron chi connectivity index (χ4n) is 7.45. The molecule has 7 nitrogen and oxygen atoms in total. The van der Waals surface area contributed by atoms with E-state index in [1.54, 1.807) is 18.2 Å². The number of amides is 2. The Kier molecular flexibility index (Phi) is 5.95. The number of carbonyl (C=O) groups excluding carboxylic acids is 2. The minimum atomic E-state index is -2.51. The molecule has 0 radical (unpaired) electrons. The third-order valence-electron chi connectivity index (χ3n) is 8.63. The van der Waals surface area contributed by atoms with E-state index in [4.69, 9.17) is 28.9 Å². The van der Waals surface area contributed by atoms with Crippen molar-refractivity contribution in [1.29, 1.82) is 0 Å². The maximum atomic E-state index is 13.9. The molecule has 2 amide bonds. The van der Waals surface area contributed by atoms with Crippen LogP contribution >= 0.6 is 23.2 Å². The minimum Gasteiger partial charge on any atom is -0.369 e. The molecule has 3 unspecified atom stereocenters. The van der Waals surface area contributed by atoms with E-state index in [1.165, 1.54) is 4.31 Å². The minimum absolute atomic E-state index is 0.0605. The van der Waals surface area contributed by atoms with Gasteiger partial charge in [0.1, 0.15) is 5.54 Å². The summed E-state index contributed by atoms with van der Waals surface area (Å²) in [7, 11) is 0. The summed E-state index contributed by atoms with van der Waals surface area (Å²) in [5.41, 5.74) is 4.35. The lowest BCUT2D eigenvalue weighted by Gasteiger charge is -2.59. The second-order valence-corrected chi connectivity index (χ2v) is 12.1. The molecule has 10 heteroatoms. The molecule has 1 aromatic rings. The number of nitrogens with one attached hydrogen (secondary N) is 1. The van der Waals surface area contributed by atoms with E-state index < -0.39 is 22.2 Å². The van der Waals surface area contributed by atoms with E-state index in [2.05, 4.69) is 5.32 Å². The van der Waals surface area contributed by atoms with Crippen LogP contribution in [0.5, 0.6) is 0 Å². The Morgan fingerprint density at radius 1 is 1.09 bits per heavy atom. The van der Waals surface area contributed by atoms with Gasteiger partial charge in [0.25, 0.3) is 11.3 Å². The first-order valence-electron chi connectivity index (χ1n) is 11.6. The second kappa shape index (κ2) is 8.40. The molecule has 4 bridgehead atoms. The van der Waals surface area contributed by atoms with Crippen LogP contribution in [0.1, 0.15) is 57.8 Å². The first-order valence-corrected chi connectivity index (χ1v) is 13.4. The number of nitrogens with two attached hydrogens (primary N) is 1. The second-order valence-electron chi connectivity index (χ2n) is 10.4. The van der Waals surface area contributed by atoms with E-state index >= 15 is 0 Å². The highest BCUT2D eigenvalue weighted by atomic mass is 35.5. The molecule has 180 valence electrons. The molecule has 0 saturated heterocycles. The molecule has 0 aliphatic heterocycles. The van der Waals surface area contributed by atoms with Gasteiger partial charge in [-0.15, -0.1) is 0 Å². The van der Waals surface area contributed by atoms with Crippen molar-refractivity contribution in [2.75, 3.05) is 4.31 Å². The summed E-state index contributed by atoms with van der Waals surface area (Å²) in [6.45, 7) is 0. The topological polar surface area (TPSA) is 113 Å². The lowest BCUT2D eigenvalue weighted by Crippen LogP contribution is -2.66. The molecule has 5 fully saturated rings. The molecular formula is C23H29Cl2N3O4S. The molecule has 5 aliphatic carbocycles. The average Bonchev–Trinajstić information content (AvgIpc) is 3.23. The van der Waals surface area contributed by atoms with Crippen molar-refractivity contribution in [3.8, 4) is 0 Å². The van der Waals surface area contributed by atoms with Crippen molar-refractivity contribution in [3.63, 3.8) is 0 Å². The van der Waals surface area contributed by atoms with E-state index in [0.29, 0.717) is 31.6 Å². The number of hydrogen-bond donors (Lipinski definition) is 3. The van der Waals surface area contributed by atoms with Gasteiger partial charge >= 0.3 is 0 Å². The standard InChI is InChI=1S/C23H29Cl2N3O4S/c24-16-4-3-5-17(25)19(16)28(33(31)32)23(6-1-2-7-23)21(30)27-18-14-8-13-9-15(18)12-22(10-13,11-14)20(26)29/h3-5,13-15,18H,1-2,6-12H2,(H2,26,29)(H,27,30)(H,31,32). The molecule has 33 heavy (non-hydrogen) atoms. The Labute approximate surface area is 206 Å². The normalized spacial score (nSPS) is 34.8. The van der Waals surface area contributed by atoms with Gasteiger partial charge in [-0.3, -0.25) is 18.4 Å². The van der Waals surface area contributed by atoms with Gasteiger partial charge in [0.05, 0.1) is 15.7 Å². The lowest BCUT2D eigenvalue weighted by atomic mass is 9.47. The van der Waals surface area contributed by atoms with Crippen LogP contribution in [-0.4, -0.2) is 32.2 Å². The molecule has 3 atom stereocenters. The van der Waals surface area contributed by atoms with Crippen LogP contribution < -0.4 is 15.4 Å². The molecule has 4 N–H and O–H groups in total. The van der Waals surface area contributed by atoms with Gasteiger partial charge in [-0.1, -0.05) is 42.1 Å². The largest absolute Gasteiger partial charge is 0.369 e. The average molecular weight is 514 g/mol. The van der Waals surface area contributed by atoms with E-state index in [-0.39, 0.29) is 45.4 Å². The highest BCUT2D eigenvalue weighted by Crippen LogP contribution is 2.60. The summed E-state index contributed by atoms with van der Waals surface area (Å²) >= 11 is 10.3. The molecule has 1 aromatic carbocycles. The number of primary amides is 1. The van der Waals surface area contributed by atoms with Crippen LogP contribution in [0.2, 0.25) is 10.0 Å². The number of para-hydroxylation sites is 1. The summed E-state index contributed by atoms with van der Waals surface area (Å²) in [4.78, 5) is 26.2. The fraction of sp³-hybridized carbons (Fsp3) is 0.652. The Morgan fingerprint density at radius 3 is 2.18 bits per heavy atom. The number of halogens is 2. The van der Waals surface area contributed by atoms with Crippen molar-refractivity contribution in [3.05, 3.63) is 28.2 Å². The SMILES string of the molecule is NC(=O)C12CC3CC(C1)C(NC(=O)C1(N(c4c(Cl)cccc4Cl)S(=O)O)CCCC1)C(C3)C2. The van der Waals surface area contributed by atoms with Gasteiger partial charge in [-0.05, 0) is 74.8 Å². The Morgan fingerprint density at radius 2 is 1.67 bits per heavy atom. The summed E-state index contributed by atoms with van der Waals surface area (Å²) in [6, 6.07) is 4.81. The molecular weight excluding hydrogens is 485 g/mol. The van der Waals surface area contributed by atoms with Crippen LogP contribution in [0.3, 0.4) is 0 Å². The van der Waals surface area contributed by atoms with Crippen molar-refractivity contribution in [2.45, 2.75) is 69.4 Å². The molecule has 0 spiro atoms. The van der Waals surface area contributed by atoms with Crippen molar-refractivity contribution in [2.24, 2.45) is 28.9 Å². The van der Waals surface area contributed by atoms with Gasteiger partial charge in [-0.2, -0.15) is 0 Å². The molecule has 5 aliphatic rings. The first kappa shape index (κ1) is 23.4. The quantitative estimate of drug-likeness (QED) is 0.498. The van der Waals surface area contributed by atoms with Crippen LogP contribution in [-0.2, 0) is 20.9 Å². The Bertz CT molecular complexity index is 979. The monoisotopic (exact) mass is 513 g/mol. The van der Waals surface area contributed by atoms with Gasteiger partial charge < -0.3 is 11.1 Å². The molecule has 0 heterocycles. The number of benzene rings is 1. The smallest absolute Gasteiger partial charge is 0.262 e. The number of rotatable bonds is 6. The predicted octanol–water partition coefficient (Wildman–Crippen LogP) is 4.05. The van der Waals surface area contributed by atoms with E-state index in [9.17, 15) is 18.4 Å². The highest BCUT2D eigenvalue weighted by molar-refractivity contribution is 7.80. The zero-order valence-electron chi connectivity index (χ0n) is 18.3. The maximum absolute atomic E-state index is 13.9. The summed E-state index contributed by atoms with van der Waals surface area (Å²) in [5, 5.41) is 3.73. The summed E-state index contributed by atoms with van der Waals surface area (Å²) in [5.74, 6) is 0.399.